The standard InChI is InChI=1S/C23H31N/c1-7-9-16(4)22-14-24-19(8-2)13-21-18(6)15(3)10-11-20(21)23(24)12-17(22)5/h10-11,14,19,23H,4-5,7-9,12-13H2,1-3,6H3. The Morgan fingerprint density at radius 2 is 1.96 bits per heavy atom. The van der Waals surface area contributed by atoms with Crippen molar-refractivity contribution in [3.05, 3.63) is 70.5 Å². The Labute approximate surface area is 147 Å². The number of nitrogens with zero attached hydrogens (tertiary/aromatic N) is 1. The van der Waals surface area contributed by atoms with Crippen LogP contribution in [0.3, 0.4) is 0 Å². The minimum absolute atomic E-state index is 0.448. The van der Waals surface area contributed by atoms with E-state index in [9.17, 15) is 0 Å². The molecule has 24 heavy (non-hydrogen) atoms. The highest BCUT2D eigenvalue weighted by Gasteiger charge is 2.36. The molecule has 0 spiro atoms. The van der Waals surface area contributed by atoms with Crippen molar-refractivity contribution in [2.75, 3.05) is 0 Å². The minimum atomic E-state index is 0.448. The molecule has 0 saturated carbocycles. The second kappa shape index (κ2) is 6.63. The summed E-state index contributed by atoms with van der Waals surface area (Å²) in [6, 6.07) is 5.68. The summed E-state index contributed by atoms with van der Waals surface area (Å²) < 4.78 is 0. The second-order valence-corrected chi connectivity index (χ2v) is 7.51. The highest BCUT2D eigenvalue weighted by Crippen LogP contribution is 2.45. The Bertz CT molecular complexity index is 707. The molecule has 0 radical (unpaired) electrons. The zero-order valence-corrected chi connectivity index (χ0v) is 15.8. The van der Waals surface area contributed by atoms with Crippen LogP contribution in [-0.4, -0.2) is 10.9 Å². The molecular weight excluding hydrogens is 290 g/mol. The summed E-state index contributed by atoms with van der Waals surface area (Å²) in [4.78, 5) is 2.61. The SMILES string of the molecule is C=C(CCC)C1=CN2C(CC)Cc3c(ccc(C)c3C)C2CC1=C. The fraction of sp³-hybridized carbons (Fsp3) is 0.478. The van der Waals surface area contributed by atoms with E-state index in [4.69, 9.17) is 0 Å². The Morgan fingerprint density at radius 1 is 1.21 bits per heavy atom. The second-order valence-electron chi connectivity index (χ2n) is 7.51. The Hall–Kier alpha value is -1.76. The summed E-state index contributed by atoms with van der Waals surface area (Å²) >= 11 is 0. The van der Waals surface area contributed by atoms with E-state index in [0.717, 1.165) is 25.7 Å². The molecule has 128 valence electrons. The van der Waals surface area contributed by atoms with Crippen LogP contribution in [0.1, 0.15) is 67.8 Å². The molecule has 1 nitrogen and oxygen atoms in total. The smallest absolute Gasteiger partial charge is 0.0583 e. The van der Waals surface area contributed by atoms with Crippen molar-refractivity contribution in [1.29, 1.82) is 0 Å². The number of hydrogen-bond donors (Lipinski definition) is 0. The Morgan fingerprint density at radius 3 is 2.62 bits per heavy atom. The van der Waals surface area contributed by atoms with E-state index in [1.165, 1.54) is 39.8 Å². The molecule has 0 aliphatic carbocycles. The van der Waals surface area contributed by atoms with Gasteiger partial charge in [0.1, 0.15) is 0 Å². The molecule has 0 saturated heterocycles. The first-order valence-electron chi connectivity index (χ1n) is 9.42. The van der Waals surface area contributed by atoms with Crippen LogP contribution < -0.4 is 0 Å². The van der Waals surface area contributed by atoms with Gasteiger partial charge in [-0.2, -0.15) is 0 Å². The number of rotatable bonds is 4. The van der Waals surface area contributed by atoms with E-state index >= 15 is 0 Å². The van der Waals surface area contributed by atoms with E-state index in [1.807, 2.05) is 0 Å². The zero-order chi connectivity index (χ0) is 17.4. The molecule has 2 heterocycles. The lowest BCUT2D eigenvalue weighted by molar-refractivity contribution is 0.170. The first-order valence-corrected chi connectivity index (χ1v) is 9.42. The maximum Gasteiger partial charge on any atom is 0.0583 e. The molecule has 0 N–H and O–H groups in total. The first kappa shape index (κ1) is 17.1. The Balaban J connectivity index is 2.06. The van der Waals surface area contributed by atoms with E-state index in [0.29, 0.717) is 12.1 Å². The van der Waals surface area contributed by atoms with Gasteiger partial charge < -0.3 is 4.90 Å². The molecule has 2 aliphatic heterocycles. The zero-order valence-electron chi connectivity index (χ0n) is 15.8. The topological polar surface area (TPSA) is 3.24 Å². The van der Waals surface area contributed by atoms with Crippen LogP contribution in [-0.2, 0) is 6.42 Å². The molecule has 2 atom stereocenters. The lowest BCUT2D eigenvalue weighted by atomic mass is 9.78. The monoisotopic (exact) mass is 321 g/mol. The molecule has 0 bridgehead atoms. The number of fused-ring (bicyclic) bond motifs is 3. The van der Waals surface area contributed by atoms with Crippen molar-refractivity contribution in [3.63, 3.8) is 0 Å². The average molecular weight is 322 g/mol. The van der Waals surface area contributed by atoms with Crippen molar-refractivity contribution in [3.8, 4) is 0 Å². The number of allylic oxidation sites excluding steroid dienone is 2. The minimum Gasteiger partial charge on any atom is -0.366 e. The van der Waals surface area contributed by atoms with Crippen molar-refractivity contribution >= 4 is 0 Å². The van der Waals surface area contributed by atoms with Gasteiger partial charge in [-0.25, -0.2) is 0 Å². The molecular formula is C23H31N. The largest absolute Gasteiger partial charge is 0.366 e. The van der Waals surface area contributed by atoms with Crippen LogP contribution in [0.25, 0.3) is 0 Å². The third-order valence-electron chi connectivity index (χ3n) is 5.99. The molecule has 0 amide bonds. The molecule has 2 aliphatic rings. The van der Waals surface area contributed by atoms with E-state index in [1.54, 1.807) is 5.56 Å². The van der Waals surface area contributed by atoms with Crippen molar-refractivity contribution in [1.82, 2.24) is 4.90 Å². The van der Waals surface area contributed by atoms with Crippen LogP contribution in [0.4, 0.5) is 0 Å². The van der Waals surface area contributed by atoms with E-state index < -0.39 is 0 Å². The van der Waals surface area contributed by atoms with Crippen LogP contribution in [0, 0.1) is 13.8 Å². The van der Waals surface area contributed by atoms with Gasteiger partial charge in [0.25, 0.3) is 0 Å². The van der Waals surface area contributed by atoms with Gasteiger partial charge in [-0.3, -0.25) is 0 Å². The number of hydrogen-bond acceptors (Lipinski definition) is 1. The molecule has 0 fully saturated rings. The maximum absolute atomic E-state index is 4.40. The average Bonchev–Trinajstić information content (AvgIpc) is 2.57. The van der Waals surface area contributed by atoms with Gasteiger partial charge >= 0.3 is 0 Å². The summed E-state index contributed by atoms with van der Waals surface area (Å²) in [5.74, 6) is 0. The third-order valence-corrected chi connectivity index (χ3v) is 5.99. The van der Waals surface area contributed by atoms with Crippen LogP contribution in [0.15, 0.2) is 48.2 Å². The Kier molecular flexibility index (Phi) is 4.71. The summed E-state index contributed by atoms with van der Waals surface area (Å²) in [7, 11) is 0. The molecule has 1 aromatic carbocycles. The lowest BCUT2D eigenvalue weighted by Crippen LogP contribution is -2.42. The summed E-state index contributed by atoms with van der Waals surface area (Å²) in [5.41, 5.74) is 9.82. The highest BCUT2D eigenvalue weighted by atomic mass is 15.2. The van der Waals surface area contributed by atoms with Gasteiger partial charge in [-0.05, 0) is 78.5 Å². The molecule has 2 unspecified atom stereocenters. The predicted molar refractivity (Wildman–Crippen MR) is 104 cm³/mol. The van der Waals surface area contributed by atoms with Gasteiger partial charge in [0.15, 0.2) is 0 Å². The predicted octanol–water partition coefficient (Wildman–Crippen LogP) is 6.18. The normalized spacial score (nSPS) is 22.8. The van der Waals surface area contributed by atoms with Gasteiger partial charge in [0.2, 0.25) is 0 Å². The summed E-state index contributed by atoms with van der Waals surface area (Å²) in [6.45, 7) is 17.8. The van der Waals surface area contributed by atoms with Crippen LogP contribution >= 0.6 is 0 Å². The highest BCUT2D eigenvalue weighted by molar-refractivity contribution is 5.50. The van der Waals surface area contributed by atoms with Gasteiger partial charge in [-0.1, -0.05) is 45.6 Å². The van der Waals surface area contributed by atoms with Crippen molar-refractivity contribution in [2.45, 2.75) is 71.9 Å². The summed E-state index contributed by atoms with van der Waals surface area (Å²) in [6.07, 6.45) is 7.95. The molecule has 1 heteroatoms. The maximum atomic E-state index is 4.40. The number of benzene rings is 1. The van der Waals surface area contributed by atoms with Gasteiger partial charge in [0, 0.05) is 12.2 Å². The van der Waals surface area contributed by atoms with Crippen molar-refractivity contribution in [2.24, 2.45) is 0 Å². The lowest BCUT2D eigenvalue weighted by Gasteiger charge is -2.47. The third kappa shape index (κ3) is 2.75. The van der Waals surface area contributed by atoms with Gasteiger partial charge in [0.05, 0.1) is 6.04 Å². The van der Waals surface area contributed by atoms with Gasteiger partial charge in [-0.15, -0.1) is 0 Å². The van der Waals surface area contributed by atoms with Crippen LogP contribution in [0.2, 0.25) is 0 Å². The summed E-state index contributed by atoms with van der Waals surface area (Å²) in [5, 5.41) is 0. The molecule has 1 aromatic rings. The van der Waals surface area contributed by atoms with E-state index in [-0.39, 0.29) is 0 Å². The van der Waals surface area contributed by atoms with Crippen LogP contribution in [0.5, 0.6) is 0 Å². The quantitative estimate of drug-likeness (QED) is 0.640. The fourth-order valence-electron chi connectivity index (χ4n) is 4.36. The van der Waals surface area contributed by atoms with Crippen molar-refractivity contribution < 1.29 is 0 Å². The van der Waals surface area contributed by atoms with E-state index in [2.05, 4.69) is 64.1 Å². The number of aryl methyl sites for hydroxylation is 1. The fourth-order valence-corrected chi connectivity index (χ4v) is 4.36. The molecule has 0 aromatic heterocycles. The molecule has 3 rings (SSSR count). The first-order chi connectivity index (χ1) is 11.5.